The van der Waals surface area contributed by atoms with Gasteiger partial charge in [0.05, 0.1) is 17.9 Å². The standard InChI is InChI=1S/C20H24N2O3S/c1-25-17-8-3-2-6-15(17)10-11-21-19(23)16-7-4-12-22(14-16)20(24)18-9-5-13-26-18/h2-3,5-6,8-9,13,16H,4,7,10-12,14H2,1H3,(H,21,23). The van der Waals surface area contributed by atoms with Crippen molar-refractivity contribution in [3.63, 3.8) is 0 Å². The zero-order valence-corrected chi connectivity index (χ0v) is 15.8. The number of piperidine rings is 1. The summed E-state index contributed by atoms with van der Waals surface area (Å²) < 4.78 is 5.34. The number of thiophene rings is 1. The molecule has 0 aliphatic carbocycles. The molecule has 2 amide bonds. The summed E-state index contributed by atoms with van der Waals surface area (Å²) in [7, 11) is 1.65. The maximum absolute atomic E-state index is 12.5. The number of carbonyl (C=O) groups is 2. The van der Waals surface area contributed by atoms with Gasteiger partial charge in [0.25, 0.3) is 5.91 Å². The molecule has 1 atom stereocenters. The monoisotopic (exact) mass is 372 g/mol. The molecule has 1 aliphatic rings. The number of carbonyl (C=O) groups excluding carboxylic acids is 2. The van der Waals surface area contributed by atoms with Gasteiger partial charge in [-0.25, -0.2) is 0 Å². The van der Waals surface area contributed by atoms with E-state index in [1.165, 1.54) is 11.3 Å². The zero-order chi connectivity index (χ0) is 18.4. The lowest BCUT2D eigenvalue weighted by Crippen LogP contribution is -2.45. The molecule has 3 rings (SSSR count). The molecule has 138 valence electrons. The molecule has 1 aromatic carbocycles. The molecule has 1 saturated heterocycles. The summed E-state index contributed by atoms with van der Waals surface area (Å²) in [5.41, 5.74) is 1.08. The average Bonchev–Trinajstić information content (AvgIpc) is 3.22. The molecule has 2 aromatic rings. The number of likely N-dealkylation sites (tertiary alicyclic amines) is 1. The van der Waals surface area contributed by atoms with Gasteiger partial charge in [0.15, 0.2) is 0 Å². The molecule has 1 unspecified atom stereocenters. The van der Waals surface area contributed by atoms with Crippen molar-refractivity contribution >= 4 is 23.2 Å². The Hall–Kier alpha value is -2.34. The Kier molecular flexibility index (Phi) is 6.28. The number of ether oxygens (including phenoxy) is 1. The molecular formula is C20H24N2O3S. The fourth-order valence-electron chi connectivity index (χ4n) is 3.31. The van der Waals surface area contributed by atoms with Gasteiger partial charge in [0.1, 0.15) is 5.75 Å². The van der Waals surface area contributed by atoms with Crippen LogP contribution in [0.5, 0.6) is 5.75 Å². The highest BCUT2D eigenvalue weighted by Crippen LogP contribution is 2.21. The number of nitrogens with zero attached hydrogens (tertiary/aromatic N) is 1. The number of amides is 2. The highest BCUT2D eigenvalue weighted by atomic mass is 32.1. The van der Waals surface area contributed by atoms with Crippen LogP contribution in [-0.4, -0.2) is 43.5 Å². The van der Waals surface area contributed by atoms with E-state index in [1.54, 1.807) is 12.0 Å². The van der Waals surface area contributed by atoms with Crippen molar-refractivity contribution in [3.05, 3.63) is 52.2 Å². The van der Waals surface area contributed by atoms with Gasteiger partial charge >= 0.3 is 0 Å². The van der Waals surface area contributed by atoms with E-state index in [2.05, 4.69) is 5.32 Å². The van der Waals surface area contributed by atoms with E-state index < -0.39 is 0 Å². The van der Waals surface area contributed by atoms with Crippen LogP contribution < -0.4 is 10.1 Å². The van der Waals surface area contributed by atoms with Crippen LogP contribution in [0.3, 0.4) is 0 Å². The van der Waals surface area contributed by atoms with E-state index in [9.17, 15) is 9.59 Å². The fraction of sp³-hybridized carbons (Fsp3) is 0.400. The van der Waals surface area contributed by atoms with Crippen molar-refractivity contribution in [2.45, 2.75) is 19.3 Å². The van der Waals surface area contributed by atoms with Crippen LogP contribution in [0.15, 0.2) is 41.8 Å². The van der Waals surface area contributed by atoms with Crippen molar-refractivity contribution in [3.8, 4) is 5.75 Å². The average molecular weight is 372 g/mol. The first-order valence-corrected chi connectivity index (χ1v) is 9.79. The Balaban J connectivity index is 1.50. The first-order chi connectivity index (χ1) is 12.7. The van der Waals surface area contributed by atoms with Crippen LogP contribution in [0.25, 0.3) is 0 Å². The largest absolute Gasteiger partial charge is 0.496 e. The van der Waals surface area contributed by atoms with E-state index in [0.29, 0.717) is 13.1 Å². The zero-order valence-electron chi connectivity index (χ0n) is 14.9. The molecule has 1 fully saturated rings. The normalized spacial score (nSPS) is 17.0. The van der Waals surface area contributed by atoms with Crippen LogP contribution in [-0.2, 0) is 11.2 Å². The fourth-order valence-corrected chi connectivity index (χ4v) is 4.00. The van der Waals surface area contributed by atoms with Crippen LogP contribution in [0.1, 0.15) is 28.1 Å². The molecule has 2 heterocycles. The molecule has 6 heteroatoms. The minimum Gasteiger partial charge on any atom is -0.496 e. The molecule has 1 aliphatic heterocycles. The third-order valence-electron chi connectivity index (χ3n) is 4.70. The smallest absolute Gasteiger partial charge is 0.263 e. The van der Waals surface area contributed by atoms with Gasteiger partial charge < -0.3 is 15.0 Å². The number of para-hydroxylation sites is 1. The Morgan fingerprint density at radius 3 is 2.88 bits per heavy atom. The van der Waals surface area contributed by atoms with E-state index >= 15 is 0 Å². The van der Waals surface area contributed by atoms with Gasteiger partial charge in [-0.15, -0.1) is 11.3 Å². The molecule has 0 spiro atoms. The highest BCUT2D eigenvalue weighted by molar-refractivity contribution is 7.12. The predicted octanol–water partition coefficient (Wildman–Crippen LogP) is 2.97. The van der Waals surface area contributed by atoms with Crippen LogP contribution in [0, 0.1) is 5.92 Å². The molecule has 0 saturated carbocycles. The summed E-state index contributed by atoms with van der Waals surface area (Å²) in [6.45, 7) is 1.79. The predicted molar refractivity (Wildman–Crippen MR) is 103 cm³/mol. The van der Waals surface area contributed by atoms with Gasteiger partial charge in [-0.3, -0.25) is 9.59 Å². The van der Waals surface area contributed by atoms with Crippen LogP contribution >= 0.6 is 11.3 Å². The van der Waals surface area contributed by atoms with E-state index in [0.717, 1.165) is 42.0 Å². The maximum Gasteiger partial charge on any atom is 0.263 e. The Morgan fingerprint density at radius 1 is 1.27 bits per heavy atom. The van der Waals surface area contributed by atoms with Crippen molar-refractivity contribution < 1.29 is 14.3 Å². The molecule has 0 bridgehead atoms. The van der Waals surface area contributed by atoms with E-state index in [-0.39, 0.29) is 17.7 Å². The first-order valence-electron chi connectivity index (χ1n) is 8.91. The summed E-state index contributed by atoms with van der Waals surface area (Å²) in [6.07, 6.45) is 2.41. The van der Waals surface area contributed by atoms with Gasteiger partial charge in [0.2, 0.25) is 5.91 Å². The molecule has 26 heavy (non-hydrogen) atoms. The second-order valence-corrected chi connectivity index (χ2v) is 7.37. The molecule has 1 N–H and O–H groups in total. The highest BCUT2D eigenvalue weighted by Gasteiger charge is 2.29. The number of rotatable bonds is 6. The topological polar surface area (TPSA) is 58.6 Å². The summed E-state index contributed by atoms with van der Waals surface area (Å²) in [5.74, 6) is 0.771. The molecule has 1 aromatic heterocycles. The maximum atomic E-state index is 12.5. The molecule has 0 radical (unpaired) electrons. The van der Waals surface area contributed by atoms with E-state index in [4.69, 9.17) is 4.74 Å². The number of hydrogen-bond donors (Lipinski definition) is 1. The van der Waals surface area contributed by atoms with Crippen LogP contribution in [0.4, 0.5) is 0 Å². The number of hydrogen-bond acceptors (Lipinski definition) is 4. The summed E-state index contributed by atoms with van der Waals surface area (Å²) in [6, 6.07) is 11.5. The van der Waals surface area contributed by atoms with Gasteiger partial charge in [-0.05, 0) is 42.3 Å². The lowest BCUT2D eigenvalue weighted by atomic mass is 9.97. The van der Waals surface area contributed by atoms with E-state index in [1.807, 2.05) is 41.8 Å². The number of benzene rings is 1. The van der Waals surface area contributed by atoms with Gasteiger partial charge in [-0.2, -0.15) is 0 Å². The summed E-state index contributed by atoms with van der Waals surface area (Å²) in [4.78, 5) is 27.6. The summed E-state index contributed by atoms with van der Waals surface area (Å²) in [5, 5.41) is 4.92. The quantitative estimate of drug-likeness (QED) is 0.848. The van der Waals surface area contributed by atoms with Crippen LogP contribution in [0.2, 0.25) is 0 Å². The Morgan fingerprint density at radius 2 is 2.12 bits per heavy atom. The second-order valence-electron chi connectivity index (χ2n) is 6.42. The molecule has 5 nitrogen and oxygen atoms in total. The Labute approximate surface area is 158 Å². The van der Waals surface area contributed by atoms with Crippen molar-refractivity contribution in [1.29, 1.82) is 0 Å². The number of methoxy groups -OCH3 is 1. The minimum atomic E-state index is -0.134. The SMILES string of the molecule is COc1ccccc1CCNC(=O)C1CCCN(C(=O)c2cccs2)C1. The van der Waals surface area contributed by atoms with Crippen molar-refractivity contribution in [2.24, 2.45) is 5.92 Å². The lowest BCUT2D eigenvalue weighted by molar-refractivity contribution is -0.126. The summed E-state index contributed by atoms with van der Waals surface area (Å²) >= 11 is 1.45. The van der Waals surface area contributed by atoms with Gasteiger partial charge in [0, 0.05) is 19.6 Å². The Bertz CT molecular complexity index is 745. The third kappa shape index (κ3) is 4.43. The van der Waals surface area contributed by atoms with Gasteiger partial charge in [-0.1, -0.05) is 24.3 Å². The lowest BCUT2D eigenvalue weighted by Gasteiger charge is -2.31. The first kappa shape index (κ1) is 18.5. The van der Waals surface area contributed by atoms with Crippen molar-refractivity contribution in [2.75, 3.05) is 26.7 Å². The second kappa shape index (κ2) is 8.85. The number of nitrogens with one attached hydrogen (secondary N) is 1. The minimum absolute atomic E-state index is 0.0311. The molecular weight excluding hydrogens is 348 g/mol. The van der Waals surface area contributed by atoms with Crippen molar-refractivity contribution in [1.82, 2.24) is 10.2 Å². The third-order valence-corrected chi connectivity index (χ3v) is 5.56.